The fourth-order valence-corrected chi connectivity index (χ4v) is 2.61. The zero-order chi connectivity index (χ0) is 14.1. The van der Waals surface area contributed by atoms with Gasteiger partial charge >= 0.3 is 0 Å². The number of likely N-dealkylation sites (tertiary alicyclic amines) is 1. The molecular formula is C16H31N3. The van der Waals surface area contributed by atoms with Crippen LogP contribution in [0, 0.1) is 5.92 Å². The molecule has 3 nitrogen and oxygen atoms in total. The van der Waals surface area contributed by atoms with Crippen LogP contribution in [-0.2, 0) is 0 Å². The van der Waals surface area contributed by atoms with Crippen LogP contribution in [0.15, 0.2) is 23.9 Å². The third kappa shape index (κ3) is 5.79. The van der Waals surface area contributed by atoms with Crippen molar-refractivity contribution < 1.29 is 0 Å². The minimum Gasteiger partial charge on any atom is -0.370 e. The average molecular weight is 265 g/mol. The molecule has 0 bridgehead atoms. The van der Waals surface area contributed by atoms with Crippen LogP contribution >= 0.6 is 0 Å². The first-order valence-corrected chi connectivity index (χ1v) is 7.70. The third-order valence-electron chi connectivity index (χ3n) is 3.82. The molecule has 0 spiro atoms. The highest BCUT2D eigenvalue weighted by molar-refractivity contribution is 5.17. The molecule has 1 atom stereocenters. The lowest BCUT2D eigenvalue weighted by molar-refractivity contribution is 0.178. The van der Waals surface area contributed by atoms with Gasteiger partial charge in [-0.15, -0.1) is 0 Å². The molecule has 3 heteroatoms. The van der Waals surface area contributed by atoms with Crippen LogP contribution in [0.25, 0.3) is 0 Å². The minimum absolute atomic E-state index is 0.382. The number of hydrogen-bond donors (Lipinski definition) is 2. The normalized spacial score (nSPS) is 20.9. The lowest BCUT2D eigenvalue weighted by Crippen LogP contribution is -2.48. The number of hydrogen-bond acceptors (Lipinski definition) is 3. The quantitative estimate of drug-likeness (QED) is 0.547. The zero-order valence-corrected chi connectivity index (χ0v) is 13.1. The van der Waals surface area contributed by atoms with Gasteiger partial charge in [0.15, 0.2) is 0 Å². The van der Waals surface area contributed by atoms with E-state index in [4.69, 9.17) is 0 Å². The van der Waals surface area contributed by atoms with Crippen LogP contribution in [0.2, 0.25) is 0 Å². The fourth-order valence-electron chi connectivity index (χ4n) is 2.61. The van der Waals surface area contributed by atoms with Gasteiger partial charge in [0, 0.05) is 5.70 Å². The molecule has 0 aromatic rings. The summed E-state index contributed by atoms with van der Waals surface area (Å²) in [4.78, 5) is 2.42. The molecule has 0 aromatic carbocycles. The number of nitrogens with zero attached hydrogens (tertiary/aromatic N) is 1. The second-order valence-corrected chi connectivity index (χ2v) is 5.43. The van der Waals surface area contributed by atoms with Crippen LogP contribution in [0.4, 0.5) is 0 Å². The van der Waals surface area contributed by atoms with Gasteiger partial charge in [-0.3, -0.25) is 0 Å². The van der Waals surface area contributed by atoms with Crippen LogP contribution < -0.4 is 10.6 Å². The van der Waals surface area contributed by atoms with Gasteiger partial charge in [0.2, 0.25) is 0 Å². The highest BCUT2D eigenvalue weighted by atomic mass is 15.1. The number of allylic oxidation sites excluding steroid dienone is 3. The van der Waals surface area contributed by atoms with Gasteiger partial charge in [0.1, 0.15) is 0 Å². The Bertz CT molecular complexity index is 288. The van der Waals surface area contributed by atoms with E-state index in [1.165, 1.54) is 31.6 Å². The Morgan fingerprint density at radius 3 is 2.47 bits per heavy atom. The molecule has 2 N–H and O–H groups in total. The Balaban J connectivity index is 2.58. The Morgan fingerprint density at radius 2 is 1.95 bits per heavy atom. The lowest BCUT2D eigenvalue weighted by atomic mass is 9.93. The molecule has 1 aliphatic rings. The molecule has 1 saturated heterocycles. The van der Waals surface area contributed by atoms with Crippen molar-refractivity contribution in [3.8, 4) is 0 Å². The van der Waals surface area contributed by atoms with Crippen LogP contribution in [0.5, 0.6) is 0 Å². The van der Waals surface area contributed by atoms with E-state index in [1.807, 2.05) is 0 Å². The summed E-state index contributed by atoms with van der Waals surface area (Å²) < 4.78 is 0. The Kier molecular flexibility index (Phi) is 7.84. The third-order valence-corrected chi connectivity index (χ3v) is 3.82. The Labute approximate surface area is 119 Å². The van der Waals surface area contributed by atoms with E-state index in [-0.39, 0.29) is 0 Å². The van der Waals surface area contributed by atoms with E-state index in [0.717, 1.165) is 18.8 Å². The van der Waals surface area contributed by atoms with Gasteiger partial charge in [0.05, 0.1) is 6.17 Å². The van der Waals surface area contributed by atoms with Gasteiger partial charge in [-0.25, -0.2) is 0 Å². The molecule has 110 valence electrons. The van der Waals surface area contributed by atoms with Crippen molar-refractivity contribution in [2.45, 2.75) is 45.7 Å². The second-order valence-electron chi connectivity index (χ2n) is 5.43. The molecule has 1 rings (SSSR count). The molecule has 0 aromatic heterocycles. The molecule has 1 heterocycles. The second kappa shape index (κ2) is 9.16. The number of nitrogens with one attached hydrogen (secondary N) is 2. The molecule has 0 aliphatic carbocycles. The average Bonchev–Trinajstić information content (AvgIpc) is 2.43. The predicted molar refractivity (Wildman–Crippen MR) is 84.0 cm³/mol. The summed E-state index contributed by atoms with van der Waals surface area (Å²) in [5.41, 5.74) is 1.25. The lowest BCUT2D eigenvalue weighted by Gasteiger charge is -2.35. The number of rotatable bonds is 7. The van der Waals surface area contributed by atoms with E-state index in [1.54, 1.807) is 0 Å². The van der Waals surface area contributed by atoms with E-state index < -0.39 is 0 Å². The molecule has 0 amide bonds. The maximum atomic E-state index is 3.67. The van der Waals surface area contributed by atoms with Crippen molar-refractivity contribution in [3.63, 3.8) is 0 Å². The van der Waals surface area contributed by atoms with Gasteiger partial charge in [0.25, 0.3) is 0 Å². The largest absolute Gasteiger partial charge is 0.370 e. The van der Waals surface area contributed by atoms with Crippen molar-refractivity contribution >= 4 is 0 Å². The first kappa shape index (κ1) is 16.3. The summed E-state index contributed by atoms with van der Waals surface area (Å²) in [5, 5.41) is 7.12. The maximum absolute atomic E-state index is 3.67. The molecule has 19 heavy (non-hydrogen) atoms. The fraction of sp³-hybridized carbons (Fsp3) is 0.750. The van der Waals surface area contributed by atoms with Gasteiger partial charge < -0.3 is 15.5 Å². The van der Waals surface area contributed by atoms with Gasteiger partial charge in [-0.05, 0) is 64.9 Å². The van der Waals surface area contributed by atoms with Gasteiger partial charge in [-0.1, -0.05) is 26.0 Å². The molecule has 1 unspecified atom stereocenters. The minimum atomic E-state index is 0.382. The van der Waals surface area contributed by atoms with Gasteiger partial charge in [-0.2, -0.15) is 0 Å². The SMILES string of the molecule is CC/C=C\C(=C/CC)NC(NC)C1CCN(C)CC1. The summed E-state index contributed by atoms with van der Waals surface area (Å²) in [6, 6.07) is 0. The maximum Gasteiger partial charge on any atom is 0.0795 e. The highest BCUT2D eigenvalue weighted by Gasteiger charge is 2.24. The van der Waals surface area contributed by atoms with Crippen molar-refractivity contribution in [2.75, 3.05) is 27.2 Å². The zero-order valence-electron chi connectivity index (χ0n) is 13.1. The molecule has 0 radical (unpaired) electrons. The molecule has 1 fully saturated rings. The molecule has 1 aliphatic heterocycles. The van der Waals surface area contributed by atoms with Crippen LogP contribution in [0.1, 0.15) is 39.5 Å². The van der Waals surface area contributed by atoms with E-state index in [0.29, 0.717) is 6.17 Å². The summed E-state index contributed by atoms with van der Waals surface area (Å²) >= 11 is 0. The van der Waals surface area contributed by atoms with Crippen LogP contribution in [-0.4, -0.2) is 38.3 Å². The molecular weight excluding hydrogens is 234 g/mol. The Morgan fingerprint density at radius 1 is 1.26 bits per heavy atom. The highest BCUT2D eigenvalue weighted by Crippen LogP contribution is 2.19. The van der Waals surface area contributed by atoms with Crippen molar-refractivity contribution in [1.82, 2.24) is 15.5 Å². The number of piperidine rings is 1. The summed E-state index contributed by atoms with van der Waals surface area (Å²) in [7, 11) is 4.27. The van der Waals surface area contributed by atoms with E-state index in [2.05, 4.69) is 61.7 Å². The van der Waals surface area contributed by atoms with E-state index in [9.17, 15) is 0 Å². The predicted octanol–water partition coefficient (Wildman–Crippen LogP) is 2.72. The van der Waals surface area contributed by atoms with Crippen molar-refractivity contribution in [1.29, 1.82) is 0 Å². The topological polar surface area (TPSA) is 27.3 Å². The first-order valence-electron chi connectivity index (χ1n) is 7.70. The monoisotopic (exact) mass is 265 g/mol. The summed E-state index contributed by atoms with van der Waals surface area (Å²) in [5.74, 6) is 0.719. The van der Waals surface area contributed by atoms with Crippen LogP contribution in [0.3, 0.4) is 0 Å². The van der Waals surface area contributed by atoms with Crippen molar-refractivity contribution in [3.05, 3.63) is 23.9 Å². The smallest absolute Gasteiger partial charge is 0.0795 e. The Hall–Kier alpha value is -0.800. The van der Waals surface area contributed by atoms with Crippen molar-refractivity contribution in [2.24, 2.45) is 5.92 Å². The standard InChI is InChI=1S/C16H31N3/c1-5-7-9-15(8-6-2)18-16(17-3)14-10-12-19(4)13-11-14/h7-9,14,16-18H,5-6,10-13H2,1-4H3/b9-7-,15-8+. The van der Waals surface area contributed by atoms with E-state index >= 15 is 0 Å². The summed E-state index contributed by atoms with van der Waals surface area (Å²) in [6.45, 7) is 6.78. The first-order chi connectivity index (χ1) is 9.21. The molecule has 0 saturated carbocycles. The summed E-state index contributed by atoms with van der Waals surface area (Å²) in [6.07, 6.45) is 11.8.